The maximum absolute atomic E-state index is 13.5. The Labute approximate surface area is 172 Å². The first-order valence-corrected chi connectivity index (χ1v) is 10.3. The molecule has 3 aromatic rings. The third-order valence-electron chi connectivity index (χ3n) is 5.37. The average molecular weight is 391 g/mol. The van der Waals surface area contributed by atoms with Crippen LogP contribution in [0.2, 0.25) is 0 Å². The number of benzene rings is 3. The van der Waals surface area contributed by atoms with E-state index in [9.17, 15) is 4.39 Å². The summed E-state index contributed by atoms with van der Waals surface area (Å²) >= 11 is 0. The quantitative estimate of drug-likeness (QED) is 0.655. The predicted octanol–water partition coefficient (Wildman–Crippen LogP) is 4.79. The van der Waals surface area contributed by atoms with Gasteiger partial charge in [-0.15, -0.1) is 0 Å². The van der Waals surface area contributed by atoms with E-state index >= 15 is 0 Å². The highest BCUT2D eigenvalue weighted by Crippen LogP contribution is 2.30. The summed E-state index contributed by atoms with van der Waals surface area (Å²) in [4.78, 5) is 2.48. The van der Waals surface area contributed by atoms with Crippen LogP contribution >= 0.6 is 0 Å². The second kappa shape index (κ2) is 9.68. The zero-order chi connectivity index (χ0) is 19.9. The Morgan fingerprint density at radius 2 is 1.52 bits per heavy atom. The molecule has 1 N–H and O–H groups in total. The number of nitrogens with one attached hydrogen (secondary N) is 1. The molecular weight excluding hydrogens is 363 g/mol. The molecule has 4 heteroatoms. The summed E-state index contributed by atoms with van der Waals surface area (Å²) in [5, 5.41) is 3.46. The van der Waals surface area contributed by atoms with Crippen LogP contribution in [0.3, 0.4) is 0 Å². The van der Waals surface area contributed by atoms with Gasteiger partial charge in [-0.05, 0) is 53.9 Å². The van der Waals surface area contributed by atoms with Crippen LogP contribution in [-0.4, -0.2) is 31.1 Å². The van der Waals surface area contributed by atoms with Crippen molar-refractivity contribution in [3.05, 3.63) is 101 Å². The molecule has 1 aliphatic heterocycles. The van der Waals surface area contributed by atoms with Crippen molar-refractivity contribution in [2.75, 3.05) is 26.2 Å². The van der Waals surface area contributed by atoms with Crippen molar-refractivity contribution < 1.29 is 9.13 Å². The van der Waals surface area contributed by atoms with E-state index in [0.717, 1.165) is 49.5 Å². The summed E-state index contributed by atoms with van der Waals surface area (Å²) in [6.07, 6.45) is 1.11. The van der Waals surface area contributed by atoms with E-state index in [1.807, 2.05) is 42.5 Å². The molecule has 1 unspecified atom stereocenters. The fourth-order valence-corrected chi connectivity index (χ4v) is 3.87. The van der Waals surface area contributed by atoms with Crippen molar-refractivity contribution in [3.8, 4) is 5.75 Å². The second-order valence-corrected chi connectivity index (χ2v) is 7.44. The highest BCUT2D eigenvalue weighted by Gasteiger charge is 2.23. The lowest BCUT2D eigenvalue weighted by molar-refractivity contribution is 0.240. The topological polar surface area (TPSA) is 24.5 Å². The lowest BCUT2D eigenvalue weighted by Crippen LogP contribution is -2.33. The van der Waals surface area contributed by atoms with Gasteiger partial charge in [0, 0.05) is 19.6 Å². The van der Waals surface area contributed by atoms with Gasteiger partial charge in [0.1, 0.15) is 18.2 Å². The maximum Gasteiger partial charge on any atom is 0.123 e. The molecule has 1 saturated heterocycles. The van der Waals surface area contributed by atoms with Gasteiger partial charge in [-0.25, -0.2) is 4.39 Å². The SMILES string of the molecule is Fc1ccc(C(c2ccc(OCc3ccccc3)cc2)N2CCCNCC2)cc1. The molecule has 0 radical (unpaired) electrons. The molecule has 1 fully saturated rings. The van der Waals surface area contributed by atoms with Crippen LogP contribution in [0, 0.1) is 5.82 Å². The lowest BCUT2D eigenvalue weighted by Gasteiger charge is -2.31. The first-order chi connectivity index (χ1) is 14.3. The number of halogens is 1. The lowest BCUT2D eigenvalue weighted by atomic mass is 9.96. The van der Waals surface area contributed by atoms with Crippen molar-refractivity contribution in [2.45, 2.75) is 19.1 Å². The average Bonchev–Trinajstić information content (AvgIpc) is 3.05. The fourth-order valence-electron chi connectivity index (χ4n) is 3.87. The third-order valence-corrected chi connectivity index (χ3v) is 5.37. The van der Waals surface area contributed by atoms with Crippen LogP contribution < -0.4 is 10.1 Å². The second-order valence-electron chi connectivity index (χ2n) is 7.44. The van der Waals surface area contributed by atoms with E-state index in [4.69, 9.17) is 4.74 Å². The van der Waals surface area contributed by atoms with Gasteiger partial charge in [0.05, 0.1) is 6.04 Å². The molecule has 0 spiro atoms. The number of rotatable bonds is 6. The first kappa shape index (κ1) is 19.6. The Morgan fingerprint density at radius 3 is 2.24 bits per heavy atom. The van der Waals surface area contributed by atoms with E-state index in [1.165, 1.54) is 5.56 Å². The Bertz CT molecular complexity index is 873. The first-order valence-electron chi connectivity index (χ1n) is 10.3. The number of hydrogen-bond donors (Lipinski definition) is 1. The largest absolute Gasteiger partial charge is 0.489 e. The molecule has 29 heavy (non-hydrogen) atoms. The third kappa shape index (κ3) is 5.22. The van der Waals surface area contributed by atoms with Crippen molar-refractivity contribution in [1.29, 1.82) is 0 Å². The van der Waals surface area contributed by atoms with E-state index in [0.29, 0.717) is 6.61 Å². The highest BCUT2D eigenvalue weighted by atomic mass is 19.1. The van der Waals surface area contributed by atoms with Crippen molar-refractivity contribution >= 4 is 0 Å². The normalized spacial score (nSPS) is 16.2. The molecule has 1 aliphatic rings. The zero-order valence-electron chi connectivity index (χ0n) is 16.6. The number of hydrogen-bond acceptors (Lipinski definition) is 3. The predicted molar refractivity (Wildman–Crippen MR) is 115 cm³/mol. The van der Waals surface area contributed by atoms with Crippen LogP contribution in [0.4, 0.5) is 4.39 Å². The van der Waals surface area contributed by atoms with Gasteiger partial charge < -0.3 is 10.1 Å². The van der Waals surface area contributed by atoms with Gasteiger partial charge in [0.2, 0.25) is 0 Å². The minimum Gasteiger partial charge on any atom is -0.489 e. The summed E-state index contributed by atoms with van der Waals surface area (Å²) in [5.41, 5.74) is 3.47. The van der Waals surface area contributed by atoms with E-state index in [1.54, 1.807) is 12.1 Å². The monoisotopic (exact) mass is 390 g/mol. The minimum absolute atomic E-state index is 0.110. The summed E-state index contributed by atoms with van der Waals surface area (Å²) in [6.45, 7) is 4.55. The van der Waals surface area contributed by atoms with Crippen LogP contribution in [0.1, 0.15) is 29.2 Å². The number of ether oxygens (including phenoxy) is 1. The van der Waals surface area contributed by atoms with Gasteiger partial charge in [0.25, 0.3) is 0 Å². The Balaban J connectivity index is 1.54. The van der Waals surface area contributed by atoms with Gasteiger partial charge in [0.15, 0.2) is 0 Å². The summed E-state index contributed by atoms with van der Waals surface area (Å²) in [5.74, 6) is 0.655. The molecule has 0 amide bonds. The van der Waals surface area contributed by atoms with Crippen LogP contribution in [0.25, 0.3) is 0 Å². The molecule has 150 valence electrons. The summed E-state index contributed by atoms with van der Waals surface area (Å²) in [7, 11) is 0. The summed E-state index contributed by atoms with van der Waals surface area (Å²) in [6, 6.07) is 25.5. The van der Waals surface area contributed by atoms with E-state index < -0.39 is 0 Å². The molecule has 1 heterocycles. The molecule has 0 aromatic heterocycles. The fraction of sp³-hybridized carbons (Fsp3) is 0.280. The van der Waals surface area contributed by atoms with Gasteiger partial charge in [-0.2, -0.15) is 0 Å². The van der Waals surface area contributed by atoms with Gasteiger partial charge >= 0.3 is 0 Å². The zero-order valence-corrected chi connectivity index (χ0v) is 16.6. The molecule has 0 aliphatic carbocycles. The smallest absolute Gasteiger partial charge is 0.123 e. The van der Waals surface area contributed by atoms with E-state index in [-0.39, 0.29) is 11.9 Å². The molecule has 0 bridgehead atoms. The Morgan fingerprint density at radius 1 is 0.828 bits per heavy atom. The van der Waals surface area contributed by atoms with Crippen LogP contribution in [-0.2, 0) is 6.61 Å². The van der Waals surface area contributed by atoms with Gasteiger partial charge in [-0.3, -0.25) is 4.90 Å². The maximum atomic E-state index is 13.5. The van der Waals surface area contributed by atoms with Gasteiger partial charge in [-0.1, -0.05) is 54.6 Å². The number of nitrogens with zero attached hydrogens (tertiary/aromatic N) is 1. The standard InChI is InChI=1S/C25H27FN2O/c26-23-11-7-21(8-12-23)25(28-17-4-15-27-16-18-28)22-9-13-24(14-10-22)29-19-20-5-2-1-3-6-20/h1-3,5-14,25,27H,4,15-19H2. The van der Waals surface area contributed by atoms with Crippen molar-refractivity contribution in [3.63, 3.8) is 0 Å². The molecule has 0 saturated carbocycles. The molecular formula is C25H27FN2O. The van der Waals surface area contributed by atoms with Crippen molar-refractivity contribution in [2.24, 2.45) is 0 Å². The highest BCUT2D eigenvalue weighted by molar-refractivity contribution is 5.36. The van der Waals surface area contributed by atoms with E-state index in [2.05, 4.69) is 34.5 Å². The van der Waals surface area contributed by atoms with Crippen LogP contribution in [0.15, 0.2) is 78.9 Å². The molecule has 3 nitrogen and oxygen atoms in total. The molecule has 1 atom stereocenters. The summed E-state index contributed by atoms with van der Waals surface area (Å²) < 4.78 is 19.4. The molecule has 4 rings (SSSR count). The van der Waals surface area contributed by atoms with Crippen LogP contribution in [0.5, 0.6) is 5.75 Å². The minimum atomic E-state index is -0.199. The molecule has 3 aromatic carbocycles. The Kier molecular flexibility index (Phi) is 6.55. The Hall–Kier alpha value is -2.69. The van der Waals surface area contributed by atoms with Crippen molar-refractivity contribution in [1.82, 2.24) is 10.2 Å².